The number of allylic oxidation sites excluding steroid dienone is 2. The quantitative estimate of drug-likeness (QED) is 0.150. The average molecular weight is 523 g/mol. The minimum atomic E-state index is -1.67. The van der Waals surface area contributed by atoms with Gasteiger partial charge in [-0.15, -0.1) is 6.58 Å². The molecule has 1 aromatic heterocycles. The molecule has 2 aliphatic rings. The largest absolute Gasteiger partial charge is 0.496 e. The number of imidazole rings is 1. The molecule has 1 unspecified atom stereocenters. The van der Waals surface area contributed by atoms with Gasteiger partial charge in [0.05, 0.1) is 24.4 Å². The van der Waals surface area contributed by atoms with Crippen molar-refractivity contribution in [2.75, 3.05) is 7.11 Å². The number of carboxylic acids is 1. The Morgan fingerprint density at radius 2 is 2.05 bits per heavy atom. The van der Waals surface area contributed by atoms with Crippen LogP contribution in [-0.4, -0.2) is 40.3 Å². The first-order valence-corrected chi connectivity index (χ1v) is 13.1. The van der Waals surface area contributed by atoms with E-state index in [-0.39, 0.29) is 23.5 Å². The Hall–Kier alpha value is -3.68. The molecule has 0 spiro atoms. The van der Waals surface area contributed by atoms with E-state index < -0.39 is 17.7 Å². The van der Waals surface area contributed by atoms with E-state index in [4.69, 9.17) is 9.47 Å². The second kappa shape index (κ2) is 11.8. The zero-order valence-corrected chi connectivity index (χ0v) is 22.0. The standard InChI is InChI=1S/C30H35FN2O5/c1-4-7-21(30(13-14-30)29(35)36)17-27-32-18-22(33-27)20-15-24(37-3)28(23(34)10-6-9-19-11-12-19)25(16-20)38-26(31)8-5-2/h4-5,7,15-19,26H,2,6,8-14H2,1,3H3,(H,32,33)(H,35,36)/b7-4-,21-17+. The number of rotatable bonds is 15. The molecule has 4 rings (SSSR count). The van der Waals surface area contributed by atoms with Crippen LogP contribution in [0.4, 0.5) is 4.39 Å². The molecule has 2 saturated carbocycles. The number of carbonyl (C=O) groups is 2. The molecule has 1 aromatic carbocycles. The van der Waals surface area contributed by atoms with Crippen LogP contribution in [0, 0.1) is 11.3 Å². The lowest BCUT2D eigenvalue weighted by Crippen LogP contribution is -2.16. The van der Waals surface area contributed by atoms with Crippen LogP contribution in [0.2, 0.25) is 0 Å². The Balaban J connectivity index is 1.67. The van der Waals surface area contributed by atoms with Crippen LogP contribution >= 0.6 is 0 Å². The summed E-state index contributed by atoms with van der Waals surface area (Å²) in [5, 5.41) is 9.72. The highest BCUT2D eigenvalue weighted by atomic mass is 19.1. The number of H-pyrrole nitrogens is 1. The summed E-state index contributed by atoms with van der Waals surface area (Å²) in [6, 6.07) is 3.31. The molecule has 0 aliphatic heterocycles. The number of nitrogens with one attached hydrogen (secondary N) is 1. The average Bonchev–Trinajstić information content (AvgIpc) is 3.82. The van der Waals surface area contributed by atoms with Crippen molar-refractivity contribution in [3.05, 3.63) is 60.1 Å². The monoisotopic (exact) mass is 522 g/mol. The van der Waals surface area contributed by atoms with Gasteiger partial charge in [-0.05, 0) is 55.9 Å². The molecule has 0 saturated heterocycles. The molecule has 0 amide bonds. The zero-order valence-electron chi connectivity index (χ0n) is 22.0. The van der Waals surface area contributed by atoms with Crippen molar-refractivity contribution in [2.45, 2.75) is 64.6 Å². The number of alkyl halides is 1. The van der Waals surface area contributed by atoms with Crippen LogP contribution in [0.1, 0.15) is 74.5 Å². The number of ketones is 1. The van der Waals surface area contributed by atoms with Gasteiger partial charge in [0.25, 0.3) is 0 Å². The van der Waals surface area contributed by atoms with Crippen molar-refractivity contribution in [3.63, 3.8) is 0 Å². The number of aliphatic carboxylic acids is 1. The van der Waals surface area contributed by atoms with Crippen LogP contribution in [-0.2, 0) is 4.79 Å². The Kier molecular flexibility index (Phi) is 8.49. The Morgan fingerprint density at radius 1 is 1.32 bits per heavy atom. The van der Waals surface area contributed by atoms with Gasteiger partial charge in [0.2, 0.25) is 6.36 Å². The van der Waals surface area contributed by atoms with Gasteiger partial charge in [0.15, 0.2) is 5.78 Å². The number of aromatic amines is 1. The summed E-state index contributed by atoms with van der Waals surface area (Å²) >= 11 is 0. The number of hydrogen-bond acceptors (Lipinski definition) is 5. The maximum atomic E-state index is 14.5. The number of benzene rings is 1. The van der Waals surface area contributed by atoms with Gasteiger partial charge in [-0.3, -0.25) is 9.59 Å². The lowest BCUT2D eigenvalue weighted by molar-refractivity contribution is -0.141. The molecule has 1 atom stereocenters. The molecular weight excluding hydrogens is 487 g/mol. The summed E-state index contributed by atoms with van der Waals surface area (Å²) in [5.41, 5.74) is 1.20. The molecule has 1 heterocycles. The normalized spacial score (nSPS) is 17.3. The number of Topliss-reactive ketones (excluding diaryl/α,β-unsaturated/α-hetero) is 1. The molecule has 0 radical (unpaired) electrons. The second-order valence-electron chi connectivity index (χ2n) is 10.0. The fraction of sp³-hybridized carbons (Fsp3) is 0.433. The van der Waals surface area contributed by atoms with E-state index >= 15 is 0 Å². The van der Waals surface area contributed by atoms with E-state index in [2.05, 4.69) is 16.5 Å². The van der Waals surface area contributed by atoms with Crippen molar-refractivity contribution in [3.8, 4) is 22.8 Å². The summed E-state index contributed by atoms with van der Waals surface area (Å²) < 4.78 is 25.7. The van der Waals surface area contributed by atoms with Crippen LogP contribution in [0.3, 0.4) is 0 Å². The van der Waals surface area contributed by atoms with E-state index in [1.807, 2.05) is 13.0 Å². The van der Waals surface area contributed by atoms with Crippen molar-refractivity contribution in [2.24, 2.45) is 11.3 Å². The van der Waals surface area contributed by atoms with Gasteiger partial charge >= 0.3 is 5.97 Å². The fourth-order valence-electron chi connectivity index (χ4n) is 4.65. The number of carboxylic acid groups (broad SMARTS) is 1. The lowest BCUT2D eigenvalue weighted by Gasteiger charge is -2.17. The SMILES string of the molecule is C=CCC(F)Oc1cc(-c2cnc(/C=C(\C=C/C)C3(C(=O)O)CC3)[nH]2)cc(OC)c1C(=O)CCCC1CC1. The zero-order chi connectivity index (χ0) is 27.3. The minimum absolute atomic E-state index is 0.0279. The van der Waals surface area contributed by atoms with E-state index in [1.165, 1.54) is 26.0 Å². The molecule has 8 heteroatoms. The first kappa shape index (κ1) is 27.4. The Labute approximate surface area is 222 Å². The summed E-state index contributed by atoms with van der Waals surface area (Å²) in [4.78, 5) is 32.7. The summed E-state index contributed by atoms with van der Waals surface area (Å²) in [6.45, 7) is 5.40. The fourth-order valence-corrected chi connectivity index (χ4v) is 4.65. The van der Waals surface area contributed by atoms with Gasteiger partial charge < -0.3 is 19.6 Å². The molecule has 7 nitrogen and oxygen atoms in total. The number of nitrogens with zero attached hydrogens (tertiary/aromatic N) is 1. The number of halogens is 1. The highest BCUT2D eigenvalue weighted by molar-refractivity contribution is 6.02. The van der Waals surface area contributed by atoms with Crippen molar-refractivity contribution >= 4 is 17.8 Å². The van der Waals surface area contributed by atoms with Crippen LogP contribution in [0.15, 0.2) is 48.7 Å². The van der Waals surface area contributed by atoms with Crippen molar-refractivity contribution in [1.29, 1.82) is 0 Å². The Bertz CT molecular complexity index is 1250. The van der Waals surface area contributed by atoms with Gasteiger partial charge in [0.1, 0.15) is 22.9 Å². The van der Waals surface area contributed by atoms with Crippen LogP contribution in [0.5, 0.6) is 11.5 Å². The number of methoxy groups -OCH3 is 1. The minimum Gasteiger partial charge on any atom is -0.496 e. The summed E-state index contributed by atoms with van der Waals surface area (Å²) in [5.74, 6) is 0.601. The molecule has 2 N–H and O–H groups in total. The number of carbonyl (C=O) groups excluding carboxylic acids is 1. The molecule has 2 fully saturated rings. The van der Waals surface area contributed by atoms with Crippen LogP contribution in [0.25, 0.3) is 17.3 Å². The molecule has 2 aromatic rings. The summed E-state index contributed by atoms with van der Waals surface area (Å²) in [7, 11) is 1.46. The van der Waals surface area contributed by atoms with Gasteiger partial charge in [-0.25, -0.2) is 9.37 Å². The van der Waals surface area contributed by atoms with Crippen LogP contribution < -0.4 is 9.47 Å². The Morgan fingerprint density at radius 3 is 2.66 bits per heavy atom. The first-order chi connectivity index (χ1) is 18.3. The highest BCUT2D eigenvalue weighted by Crippen LogP contribution is 2.53. The van der Waals surface area contributed by atoms with Crippen molar-refractivity contribution < 1.29 is 28.6 Å². The predicted molar refractivity (Wildman–Crippen MR) is 144 cm³/mol. The van der Waals surface area contributed by atoms with Gasteiger partial charge in [-0.2, -0.15) is 0 Å². The third-order valence-corrected chi connectivity index (χ3v) is 7.14. The maximum absolute atomic E-state index is 14.5. The number of aromatic nitrogens is 2. The second-order valence-corrected chi connectivity index (χ2v) is 10.0. The molecule has 2 aliphatic carbocycles. The summed E-state index contributed by atoms with van der Waals surface area (Å²) in [6.07, 6.45) is 12.4. The predicted octanol–water partition coefficient (Wildman–Crippen LogP) is 6.92. The number of hydrogen-bond donors (Lipinski definition) is 2. The maximum Gasteiger partial charge on any atom is 0.314 e. The molecule has 0 bridgehead atoms. The van der Waals surface area contributed by atoms with Gasteiger partial charge in [0, 0.05) is 18.4 Å². The number of ether oxygens (including phenoxy) is 2. The van der Waals surface area contributed by atoms with E-state index in [1.54, 1.807) is 30.5 Å². The molecule has 38 heavy (non-hydrogen) atoms. The van der Waals surface area contributed by atoms with Crippen molar-refractivity contribution in [1.82, 2.24) is 9.97 Å². The van der Waals surface area contributed by atoms with E-state index in [0.717, 1.165) is 12.8 Å². The van der Waals surface area contributed by atoms with E-state index in [9.17, 15) is 19.1 Å². The molecule has 202 valence electrons. The smallest absolute Gasteiger partial charge is 0.314 e. The van der Waals surface area contributed by atoms with Gasteiger partial charge in [-0.1, -0.05) is 37.5 Å². The first-order valence-electron chi connectivity index (χ1n) is 13.1. The molecular formula is C30H35FN2O5. The highest BCUT2D eigenvalue weighted by Gasteiger charge is 2.52. The topological polar surface area (TPSA) is 102 Å². The third kappa shape index (κ3) is 6.23. The lowest BCUT2D eigenvalue weighted by atomic mass is 9.95. The van der Waals surface area contributed by atoms with E-state index in [0.29, 0.717) is 53.6 Å². The third-order valence-electron chi connectivity index (χ3n) is 7.14.